The van der Waals surface area contributed by atoms with Crippen LogP contribution in [0.4, 0.5) is 0 Å². The van der Waals surface area contributed by atoms with E-state index >= 15 is 0 Å². The van der Waals surface area contributed by atoms with Gasteiger partial charge in [-0.2, -0.15) is 4.31 Å². The fraction of sp³-hybridized carbons (Fsp3) is 0.364. The van der Waals surface area contributed by atoms with E-state index in [4.69, 9.17) is 11.5 Å². The third kappa shape index (κ3) is 3.28. The summed E-state index contributed by atoms with van der Waals surface area (Å²) in [6.45, 7) is 1.75. The number of benzene rings is 1. The predicted molar refractivity (Wildman–Crippen MR) is 68.0 cm³/mol. The SMILES string of the molecule is CCN(CC(N)=O)S(=O)(=O)c1cccc(CN)c1. The van der Waals surface area contributed by atoms with Crippen LogP contribution in [0.2, 0.25) is 0 Å². The molecule has 6 nitrogen and oxygen atoms in total. The first-order valence-electron chi connectivity index (χ1n) is 5.49. The van der Waals surface area contributed by atoms with Crippen molar-refractivity contribution in [3.8, 4) is 0 Å². The van der Waals surface area contributed by atoms with Crippen LogP contribution >= 0.6 is 0 Å². The second kappa shape index (κ2) is 5.94. The van der Waals surface area contributed by atoms with Crippen LogP contribution in [-0.4, -0.2) is 31.7 Å². The van der Waals surface area contributed by atoms with Crippen molar-refractivity contribution < 1.29 is 13.2 Å². The molecule has 18 heavy (non-hydrogen) atoms. The molecule has 0 aliphatic rings. The minimum Gasteiger partial charge on any atom is -0.369 e. The predicted octanol–water partition coefficient (Wildman–Crippen LogP) is -0.359. The minimum absolute atomic E-state index is 0.119. The van der Waals surface area contributed by atoms with Gasteiger partial charge in [-0.1, -0.05) is 19.1 Å². The van der Waals surface area contributed by atoms with E-state index in [2.05, 4.69) is 0 Å². The molecule has 0 aliphatic heterocycles. The van der Waals surface area contributed by atoms with Gasteiger partial charge >= 0.3 is 0 Å². The number of rotatable bonds is 6. The Bertz CT molecular complexity index is 528. The zero-order valence-electron chi connectivity index (χ0n) is 10.2. The van der Waals surface area contributed by atoms with E-state index in [1.165, 1.54) is 12.1 Å². The van der Waals surface area contributed by atoms with E-state index in [-0.39, 0.29) is 24.5 Å². The third-order valence-corrected chi connectivity index (χ3v) is 4.37. The number of primary amides is 1. The number of likely N-dealkylation sites (N-methyl/N-ethyl adjacent to an activating group) is 1. The first-order chi connectivity index (χ1) is 8.41. The minimum atomic E-state index is -3.70. The summed E-state index contributed by atoms with van der Waals surface area (Å²) in [6, 6.07) is 6.33. The zero-order chi connectivity index (χ0) is 13.8. The molecule has 0 saturated heterocycles. The molecule has 0 fully saturated rings. The van der Waals surface area contributed by atoms with Gasteiger partial charge in [-0.05, 0) is 17.7 Å². The Labute approximate surface area is 107 Å². The lowest BCUT2D eigenvalue weighted by Gasteiger charge is -2.19. The highest BCUT2D eigenvalue weighted by molar-refractivity contribution is 7.89. The Morgan fingerprint density at radius 2 is 2.06 bits per heavy atom. The van der Waals surface area contributed by atoms with E-state index in [1.807, 2.05) is 0 Å². The highest BCUT2D eigenvalue weighted by Gasteiger charge is 2.24. The van der Waals surface area contributed by atoms with Crippen LogP contribution in [0.5, 0.6) is 0 Å². The number of carbonyl (C=O) groups excluding carboxylic acids is 1. The number of carbonyl (C=O) groups is 1. The average Bonchev–Trinajstić information content (AvgIpc) is 2.35. The Morgan fingerprint density at radius 3 is 2.56 bits per heavy atom. The lowest BCUT2D eigenvalue weighted by molar-refractivity contribution is -0.118. The van der Waals surface area contributed by atoms with E-state index < -0.39 is 15.9 Å². The monoisotopic (exact) mass is 271 g/mol. The average molecular weight is 271 g/mol. The van der Waals surface area contributed by atoms with Crippen molar-refractivity contribution in [2.24, 2.45) is 11.5 Å². The van der Waals surface area contributed by atoms with Crippen molar-refractivity contribution in [2.75, 3.05) is 13.1 Å². The van der Waals surface area contributed by atoms with Gasteiger partial charge in [-0.25, -0.2) is 8.42 Å². The van der Waals surface area contributed by atoms with Crippen LogP contribution in [0.25, 0.3) is 0 Å². The molecule has 100 valence electrons. The quantitative estimate of drug-likeness (QED) is 0.736. The molecule has 1 aromatic carbocycles. The highest BCUT2D eigenvalue weighted by Crippen LogP contribution is 2.16. The highest BCUT2D eigenvalue weighted by atomic mass is 32.2. The van der Waals surface area contributed by atoms with Crippen molar-refractivity contribution in [1.29, 1.82) is 0 Å². The first kappa shape index (κ1) is 14.6. The van der Waals surface area contributed by atoms with E-state index in [0.717, 1.165) is 4.31 Å². The number of amides is 1. The van der Waals surface area contributed by atoms with Gasteiger partial charge in [-0.3, -0.25) is 4.79 Å². The van der Waals surface area contributed by atoms with E-state index in [9.17, 15) is 13.2 Å². The summed E-state index contributed by atoms with van der Waals surface area (Å²) >= 11 is 0. The molecule has 0 saturated carbocycles. The second-order valence-corrected chi connectivity index (χ2v) is 5.69. The van der Waals surface area contributed by atoms with Gasteiger partial charge in [0.1, 0.15) is 0 Å². The maximum Gasteiger partial charge on any atom is 0.243 e. The molecule has 0 bridgehead atoms. The van der Waals surface area contributed by atoms with Crippen molar-refractivity contribution in [2.45, 2.75) is 18.4 Å². The number of hydrogen-bond acceptors (Lipinski definition) is 4. The molecular formula is C11H17N3O3S. The molecule has 7 heteroatoms. The standard InChI is InChI=1S/C11H17N3O3S/c1-2-14(8-11(13)15)18(16,17)10-5-3-4-9(6-10)7-12/h3-6H,2,7-8,12H2,1H3,(H2,13,15). The molecular weight excluding hydrogens is 254 g/mol. The molecule has 0 spiro atoms. The Hall–Kier alpha value is -1.44. The van der Waals surface area contributed by atoms with Crippen LogP contribution in [0.15, 0.2) is 29.2 Å². The summed E-state index contributed by atoms with van der Waals surface area (Å²) in [5.41, 5.74) is 11.2. The molecule has 0 heterocycles. The fourth-order valence-corrected chi connectivity index (χ4v) is 3.01. The van der Waals surface area contributed by atoms with Crippen molar-refractivity contribution in [3.63, 3.8) is 0 Å². The van der Waals surface area contributed by atoms with Crippen molar-refractivity contribution >= 4 is 15.9 Å². The van der Waals surface area contributed by atoms with E-state index in [1.54, 1.807) is 19.1 Å². The lowest BCUT2D eigenvalue weighted by atomic mass is 10.2. The van der Waals surface area contributed by atoms with Gasteiger partial charge in [0.15, 0.2) is 0 Å². The van der Waals surface area contributed by atoms with Crippen LogP contribution in [0.3, 0.4) is 0 Å². The van der Waals surface area contributed by atoms with Crippen LogP contribution in [0.1, 0.15) is 12.5 Å². The van der Waals surface area contributed by atoms with Crippen molar-refractivity contribution in [1.82, 2.24) is 4.31 Å². The molecule has 0 aliphatic carbocycles. The molecule has 0 radical (unpaired) electrons. The summed E-state index contributed by atoms with van der Waals surface area (Å²) in [5.74, 6) is -0.685. The molecule has 0 aromatic heterocycles. The summed E-state index contributed by atoms with van der Waals surface area (Å²) in [6.07, 6.45) is 0. The number of sulfonamides is 1. The molecule has 1 amide bonds. The maximum atomic E-state index is 12.2. The Balaban J connectivity index is 3.14. The van der Waals surface area contributed by atoms with Crippen LogP contribution in [0, 0.1) is 0 Å². The maximum absolute atomic E-state index is 12.2. The number of hydrogen-bond donors (Lipinski definition) is 2. The number of nitrogens with zero attached hydrogens (tertiary/aromatic N) is 1. The molecule has 0 unspecified atom stereocenters. The zero-order valence-corrected chi connectivity index (χ0v) is 11.0. The smallest absolute Gasteiger partial charge is 0.243 e. The molecule has 1 rings (SSSR count). The van der Waals surface area contributed by atoms with Gasteiger partial charge in [0.25, 0.3) is 0 Å². The summed E-state index contributed by atoms with van der Waals surface area (Å²) < 4.78 is 25.5. The molecule has 0 atom stereocenters. The Kier molecular flexibility index (Phi) is 4.83. The summed E-state index contributed by atoms with van der Waals surface area (Å²) in [5, 5.41) is 0. The summed E-state index contributed by atoms with van der Waals surface area (Å²) in [4.78, 5) is 11.0. The Morgan fingerprint density at radius 1 is 1.39 bits per heavy atom. The van der Waals surface area contributed by atoms with Gasteiger partial charge < -0.3 is 11.5 Å². The first-order valence-corrected chi connectivity index (χ1v) is 6.93. The van der Waals surface area contributed by atoms with E-state index in [0.29, 0.717) is 5.56 Å². The third-order valence-electron chi connectivity index (χ3n) is 2.46. The van der Waals surface area contributed by atoms with Crippen molar-refractivity contribution in [3.05, 3.63) is 29.8 Å². The van der Waals surface area contributed by atoms with Crippen LogP contribution < -0.4 is 11.5 Å². The molecule has 1 aromatic rings. The largest absolute Gasteiger partial charge is 0.369 e. The second-order valence-electron chi connectivity index (χ2n) is 3.75. The summed E-state index contributed by atoms with van der Waals surface area (Å²) in [7, 11) is -3.70. The normalized spacial score (nSPS) is 11.7. The topological polar surface area (TPSA) is 106 Å². The van der Waals surface area contributed by atoms with Gasteiger partial charge in [0.2, 0.25) is 15.9 Å². The van der Waals surface area contributed by atoms with Gasteiger partial charge in [0, 0.05) is 13.1 Å². The van der Waals surface area contributed by atoms with Gasteiger partial charge in [0.05, 0.1) is 11.4 Å². The molecule has 4 N–H and O–H groups in total. The van der Waals surface area contributed by atoms with Gasteiger partial charge in [-0.15, -0.1) is 0 Å². The lowest BCUT2D eigenvalue weighted by Crippen LogP contribution is -2.38. The fourth-order valence-electron chi connectivity index (χ4n) is 1.52. The van der Waals surface area contributed by atoms with Crippen LogP contribution in [-0.2, 0) is 21.4 Å². The number of nitrogens with two attached hydrogens (primary N) is 2.